The third-order valence-corrected chi connectivity index (χ3v) is 5.08. The minimum absolute atomic E-state index is 0.0143. The van der Waals surface area contributed by atoms with E-state index in [2.05, 4.69) is 20.4 Å². The average Bonchev–Trinajstić information content (AvgIpc) is 3.14. The first-order chi connectivity index (χ1) is 13.8. The Kier molecular flexibility index (Phi) is 5.91. The van der Waals surface area contributed by atoms with Crippen LogP contribution in [0.3, 0.4) is 0 Å². The van der Waals surface area contributed by atoms with Gasteiger partial charge in [-0.3, -0.25) is 9.59 Å². The number of amides is 1. The first-order valence-electron chi connectivity index (χ1n) is 9.44. The number of hydrogen-bond acceptors (Lipinski definition) is 6. The van der Waals surface area contributed by atoms with E-state index in [1.54, 1.807) is 4.52 Å². The maximum atomic E-state index is 12.3. The van der Waals surface area contributed by atoms with Crippen molar-refractivity contribution in [1.29, 1.82) is 0 Å². The molecule has 0 unspecified atom stereocenters. The highest BCUT2D eigenvalue weighted by molar-refractivity contribution is 5.81. The highest BCUT2D eigenvalue weighted by Gasteiger charge is 2.17. The third-order valence-electron chi connectivity index (χ3n) is 5.08. The highest BCUT2D eigenvalue weighted by Crippen LogP contribution is 2.17. The second kappa shape index (κ2) is 8.38. The first-order valence-corrected chi connectivity index (χ1v) is 9.44. The van der Waals surface area contributed by atoms with Crippen molar-refractivity contribution in [2.75, 3.05) is 6.61 Å². The maximum Gasteiger partial charge on any atom is 0.310 e. The second-order valence-corrected chi connectivity index (χ2v) is 7.20. The van der Waals surface area contributed by atoms with Gasteiger partial charge in [-0.25, -0.2) is 9.50 Å². The number of fused-ring (bicyclic) bond motifs is 1. The van der Waals surface area contributed by atoms with Crippen molar-refractivity contribution in [3.8, 4) is 0 Å². The van der Waals surface area contributed by atoms with E-state index in [4.69, 9.17) is 4.74 Å². The molecule has 1 N–H and O–H groups in total. The number of carbonyl (C=O) groups excluding carboxylic acids is 2. The molecule has 0 fully saturated rings. The van der Waals surface area contributed by atoms with Crippen LogP contribution in [-0.4, -0.2) is 38.1 Å². The van der Waals surface area contributed by atoms with E-state index in [9.17, 15) is 9.59 Å². The van der Waals surface area contributed by atoms with Crippen LogP contribution < -0.4 is 5.32 Å². The monoisotopic (exact) mass is 395 g/mol. The number of benzene rings is 1. The third kappa shape index (κ3) is 4.59. The molecule has 0 spiro atoms. The van der Waals surface area contributed by atoms with Crippen molar-refractivity contribution in [3.05, 3.63) is 58.2 Å². The Morgan fingerprint density at radius 3 is 2.66 bits per heavy atom. The number of nitrogens with zero attached hydrogens (tertiary/aromatic N) is 4. The molecule has 8 heteroatoms. The maximum absolute atomic E-state index is 12.3. The fourth-order valence-corrected chi connectivity index (χ4v) is 3.15. The van der Waals surface area contributed by atoms with Crippen LogP contribution in [0.1, 0.15) is 46.6 Å². The Labute approximate surface area is 169 Å². The Morgan fingerprint density at radius 2 is 1.93 bits per heavy atom. The number of ether oxygens (including phenoxy) is 1. The van der Waals surface area contributed by atoms with Crippen LogP contribution in [-0.2, 0) is 20.7 Å². The van der Waals surface area contributed by atoms with Crippen LogP contribution in [0.5, 0.6) is 0 Å². The summed E-state index contributed by atoms with van der Waals surface area (Å²) in [5, 5.41) is 6.96. The van der Waals surface area contributed by atoms with Gasteiger partial charge < -0.3 is 10.1 Å². The molecule has 1 atom stereocenters. The standard InChI is InChI=1S/C21H25N5O3/c1-12-6-7-17(8-13(12)2)14(3)24-19(27)10-29-20(28)9-18-15(4)25-21-22-11-23-26(21)16(18)5/h6-8,11,14H,9-10H2,1-5H3,(H,24,27)/t14-/m1/s1. The molecule has 2 aromatic heterocycles. The minimum atomic E-state index is -0.494. The fraction of sp³-hybridized carbons (Fsp3) is 0.381. The molecule has 0 radical (unpaired) electrons. The van der Waals surface area contributed by atoms with Gasteiger partial charge in [0.15, 0.2) is 6.61 Å². The van der Waals surface area contributed by atoms with Gasteiger partial charge >= 0.3 is 5.97 Å². The summed E-state index contributed by atoms with van der Waals surface area (Å²) in [6, 6.07) is 5.88. The Morgan fingerprint density at radius 1 is 1.17 bits per heavy atom. The number of aromatic nitrogens is 4. The lowest BCUT2D eigenvalue weighted by atomic mass is 10.0. The molecule has 0 aliphatic rings. The minimum Gasteiger partial charge on any atom is -0.455 e. The van der Waals surface area contributed by atoms with Crippen LogP contribution in [0.15, 0.2) is 24.5 Å². The first kappa shape index (κ1) is 20.4. The average molecular weight is 395 g/mol. The summed E-state index contributed by atoms with van der Waals surface area (Å²) in [7, 11) is 0. The van der Waals surface area contributed by atoms with E-state index in [0.29, 0.717) is 11.5 Å². The zero-order valence-electron chi connectivity index (χ0n) is 17.3. The number of rotatable bonds is 6. The van der Waals surface area contributed by atoms with Gasteiger partial charge in [-0.1, -0.05) is 18.2 Å². The van der Waals surface area contributed by atoms with Gasteiger partial charge in [0.2, 0.25) is 0 Å². The van der Waals surface area contributed by atoms with Crippen molar-refractivity contribution in [2.45, 2.75) is 47.1 Å². The van der Waals surface area contributed by atoms with Crippen LogP contribution in [0.25, 0.3) is 5.78 Å². The zero-order valence-corrected chi connectivity index (χ0v) is 17.3. The predicted octanol–water partition coefficient (Wildman–Crippen LogP) is 2.32. The fourth-order valence-electron chi connectivity index (χ4n) is 3.15. The molecule has 0 saturated heterocycles. The molecule has 3 rings (SSSR count). The molecule has 2 heterocycles. The van der Waals surface area contributed by atoms with Gasteiger partial charge in [-0.2, -0.15) is 10.1 Å². The summed E-state index contributed by atoms with van der Waals surface area (Å²) in [6.07, 6.45) is 1.43. The molecule has 1 aromatic carbocycles. The molecule has 0 bridgehead atoms. The molecule has 8 nitrogen and oxygen atoms in total. The van der Waals surface area contributed by atoms with Crippen LogP contribution in [0.2, 0.25) is 0 Å². The molecule has 0 aliphatic carbocycles. The van der Waals surface area contributed by atoms with Gasteiger partial charge in [0, 0.05) is 17.0 Å². The van der Waals surface area contributed by atoms with Gasteiger partial charge in [-0.15, -0.1) is 0 Å². The Bertz CT molecular complexity index is 1070. The molecule has 29 heavy (non-hydrogen) atoms. The Balaban J connectivity index is 1.56. The van der Waals surface area contributed by atoms with E-state index < -0.39 is 5.97 Å². The van der Waals surface area contributed by atoms with Crippen molar-refractivity contribution in [2.24, 2.45) is 0 Å². The lowest BCUT2D eigenvalue weighted by Gasteiger charge is -2.16. The molecule has 3 aromatic rings. The summed E-state index contributed by atoms with van der Waals surface area (Å²) < 4.78 is 6.74. The summed E-state index contributed by atoms with van der Waals surface area (Å²) in [6.45, 7) is 9.30. The molecule has 0 saturated carbocycles. The summed E-state index contributed by atoms with van der Waals surface area (Å²) in [4.78, 5) is 32.8. The molecule has 152 valence electrons. The topological polar surface area (TPSA) is 98.5 Å². The van der Waals surface area contributed by atoms with E-state index >= 15 is 0 Å². The van der Waals surface area contributed by atoms with E-state index in [1.807, 2.05) is 52.8 Å². The lowest BCUT2D eigenvalue weighted by molar-refractivity contribution is -0.148. The SMILES string of the molecule is Cc1ccc([C@@H](C)NC(=O)COC(=O)Cc2c(C)nc3ncnn3c2C)cc1C. The van der Waals surface area contributed by atoms with Gasteiger partial charge in [0.1, 0.15) is 6.33 Å². The second-order valence-electron chi connectivity index (χ2n) is 7.20. The van der Waals surface area contributed by atoms with Crippen LogP contribution >= 0.6 is 0 Å². The number of nitrogens with one attached hydrogen (secondary N) is 1. The highest BCUT2D eigenvalue weighted by atomic mass is 16.5. The normalized spacial score (nSPS) is 12.0. The number of hydrogen-bond donors (Lipinski definition) is 1. The Hall–Kier alpha value is -3.29. The van der Waals surface area contributed by atoms with Crippen LogP contribution in [0.4, 0.5) is 0 Å². The smallest absolute Gasteiger partial charge is 0.310 e. The van der Waals surface area contributed by atoms with Gasteiger partial charge in [0.25, 0.3) is 11.7 Å². The van der Waals surface area contributed by atoms with Crippen molar-refractivity contribution in [3.63, 3.8) is 0 Å². The summed E-state index contributed by atoms with van der Waals surface area (Å²) in [5.74, 6) is -0.356. The molecular weight excluding hydrogens is 370 g/mol. The summed E-state index contributed by atoms with van der Waals surface area (Å²) >= 11 is 0. The molecule has 1 amide bonds. The van der Waals surface area contributed by atoms with E-state index in [1.165, 1.54) is 17.5 Å². The molecular formula is C21H25N5O3. The van der Waals surface area contributed by atoms with Gasteiger partial charge in [-0.05, 0) is 51.3 Å². The molecule has 0 aliphatic heterocycles. The number of carbonyl (C=O) groups is 2. The van der Waals surface area contributed by atoms with Crippen LogP contribution in [0, 0.1) is 27.7 Å². The largest absolute Gasteiger partial charge is 0.455 e. The number of aryl methyl sites for hydroxylation is 4. The van der Waals surface area contributed by atoms with E-state index in [0.717, 1.165) is 16.8 Å². The van der Waals surface area contributed by atoms with Gasteiger partial charge in [0.05, 0.1) is 12.5 Å². The number of esters is 1. The quantitative estimate of drug-likeness (QED) is 0.643. The van der Waals surface area contributed by atoms with E-state index in [-0.39, 0.29) is 25.0 Å². The van der Waals surface area contributed by atoms with Crippen molar-refractivity contribution < 1.29 is 14.3 Å². The zero-order chi connectivity index (χ0) is 21.1. The predicted molar refractivity (Wildman–Crippen MR) is 107 cm³/mol. The lowest BCUT2D eigenvalue weighted by Crippen LogP contribution is -2.31. The summed E-state index contributed by atoms with van der Waals surface area (Å²) in [5.41, 5.74) is 5.55. The van der Waals surface area contributed by atoms with Crippen molar-refractivity contribution >= 4 is 17.7 Å². The van der Waals surface area contributed by atoms with Crippen molar-refractivity contribution in [1.82, 2.24) is 24.9 Å².